The van der Waals surface area contributed by atoms with E-state index in [1.807, 2.05) is 24.0 Å². The first kappa shape index (κ1) is 16.9. The van der Waals surface area contributed by atoms with E-state index in [0.717, 1.165) is 44.4 Å². The maximum atomic E-state index is 5.55. The number of hydrogen-bond acceptors (Lipinski definition) is 3. The summed E-state index contributed by atoms with van der Waals surface area (Å²) in [7, 11) is 1.99. The smallest absolute Gasteiger partial charge is 0.169 e. The summed E-state index contributed by atoms with van der Waals surface area (Å²) in [5.41, 5.74) is 3.82. The lowest BCUT2D eigenvalue weighted by Gasteiger charge is -2.36. The normalized spacial score (nSPS) is 15.5. The Hall–Kier alpha value is -1.92. The molecule has 1 fully saturated rings. The van der Waals surface area contributed by atoms with Crippen LogP contribution in [0.1, 0.15) is 16.8 Å². The molecule has 1 aromatic carbocycles. The number of nitrogens with zero attached hydrogens (tertiary/aromatic N) is 4. The summed E-state index contributed by atoms with van der Waals surface area (Å²) in [5.74, 6) is 0. The first-order valence-electron chi connectivity index (χ1n) is 8.40. The van der Waals surface area contributed by atoms with E-state index in [1.54, 1.807) is 0 Å². The quantitative estimate of drug-likeness (QED) is 0.859. The van der Waals surface area contributed by atoms with Crippen LogP contribution in [0.4, 0.5) is 0 Å². The van der Waals surface area contributed by atoms with Gasteiger partial charge in [0.1, 0.15) is 0 Å². The summed E-state index contributed by atoms with van der Waals surface area (Å²) >= 11 is 5.55. The zero-order valence-electron chi connectivity index (χ0n) is 14.4. The van der Waals surface area contributed by atoms with Gasteiger partial charge >= 0.3 is 0 Å². The molecule has 1 saturated heterocycles. The largest absolute Gasteiger partial charge is 0.358 e. The average molecular weight is 344 g/mol. The van der Waals surface area contributed by atoms with Gasteiger partial charge in [-0.2, -0.15) is 5.10 Å². The highest BCUT2D eigenvalue weighted by molar-refractivity contribution is 7.80. The molecule has 0 unspecified atom stereocenters. The minimum Gasteiger partial charge on any atom is -0.358 e. The number of hydrogen-bond donors (Lipinski definition) is 1. The van der Waals surface area contributed by atoms with Gasteiger partial charge in [-0.25, -0.2) is 0 Å². The summed E-state index contributed by atoms with van der Waals surface area (Å²) in [6.07, 6.45) is 1.98. The van der Waals surface area contributed by atoms with Crippen molar-refractivity contribution < 1.29 is 0 Å². The highest BCUT2D eigenvalue weighted by Gasteiger charge is 2.19. The fraction of sp³-hybridized carbons (Fsp3) is 0.444. The second-order valence-electron chi connectivity index (χ2n) is 6.29. The van der Waals surface area contributed by atoms with Gasteiger partial charge in [0.2, 0.25) is 0 Å². The lowest BCUT2D eigenvalue weighted by molar-refractivity contribution is 0.174. The van der Waals surface area contributed by atoms with Gasteiger partial charge in [0.15, 0.2) is 5.11 Å². The molecule has 1 aromatic heterocycles. The van der Waals surface area contributed by atoms with E-state index in [-0.39, 0.29) is 0 Å². The summed E-state index contributed by atoms with van der Waals surface area (Å²) < 4.78 is 1.94. The predicted molar refractivity (Wildman–Crippen MR) is 101 cm³/mol. The van der Waals surface area contributed by atoms with Crippen molar-refractivity contribution in [3.63, 3.8) is 0 Å². The summed E-state index contributed by atoms with van der Waals surface area (Å²) in [5, 5.41) is 8.56. The Labute approximate surface area is 149 Å². The van der Waals surface area contributed by atoms with Crippen LogP contribution in [0.3, 0.4) is 0 Å². The number of nitrogens with one attached hydrogen (secondary N) is 1. The zero-order chi connectivity index (χ0) is 16.9. The van der Waals surface area contributed by atoms with Crippen LogP contribution in [0.5, 0.6) is 0 Å². The molecule has 128 valence electrons. The van der Waals surface area contributed by atoms with Crippen molar-refractivity contribution in [1.82, 2.24) is 24.9 Å². The molecule has 1 aliphatic rings. The maximum absolute atomic E-state index is 5.55. The molecule has 1 N–H and O–H groups in total. The highest BCUT2D eigenvalue weighted by Crippen LogP contribution is 2.12. The molecule has 1 aliphatic heterocycles. The van der Waals surface area contributed by atoms with Crippen LogP contribution in [-0.4, -0.2) is 50.9 Å². The molecule has 0 spiro atoms. The van der Waals surface area contributed by atoms with Gasteiger partial charge in [0.25, 0.3) is 0 Å². The van der Waals surface area contributed by atoms with Gasteiger partial charge in [-0.3, -0.25) is 9.58 Å². The number of thiocarbonyl (C=S) groups is 1. The molecule has 0 aliphatic carbocycles. The van der Waals surface area contributed by atoms with E-state index < -0.39 is 0 Å². The van der Waals surface area contributed by atoms with Crippen molar-refractivity contribution in [3.05, 3.63) is 53.3 Å². The monoisotopic (exact) mass is 343 g/mol. The number of aryl methyl sites for hydroxylation is 1. The van der Waals surface area contributed by atoms with E-state index in [0.29, 0.717) is 0 Å². The number of rotatable bonds is 4. The van der Waals surface area contributed by atoms with Crippen LogP contribution in [0.25, 0.3) is 0 Å². The van der Waals surface area contributed by atoms with Crippen molar-refractivity contribution in [3.8, 4) is 0 Å². The lowest BCUT2D eigenvalue weighted by atomic mass is 10.2. The van der Waals surface area contributed by atoms with E-state index in [1.165, 1.54) is 16.8 Å². The maximum Gasteiger partial charge on any atom is 0.169 e. The van der Waals surface area contributed by atoms with Gasteiger partial charge in [0.05, 0.1) is 6.20 Å². The summed E-state index contributed by atoms with van der Waals surface area (Å²) in [6, 6.07) is 10.4. The van der Waals surface area contributed by atoms with Crippen LogP contribution in [0, 0.1) is 6.92 Å². The molecule has 0 saturated carbocycles. The molecule has 0 amide bonds. The zero-order valence-corrected chi connectivity index (χ0v) is 15.2. The van der Waals surface area contributed by atoms with Gasteiger partial charge in [-0.15, -0.1) is 0 Å². The van der Waals surface area contributed by atoms with E-state index in [9.17, 15) is 0 Å². The summed E-state index contributed by atoms with van der Waals surface area (Å²) in [6.45, 7) is 7.89. The van der Waals surface area contributed by atoms with Gasteiger partial charge in [0, 0.05) is 57.6 Å². The SMILES string of the molecule is Cc1c(CN2CCN(C(=S)NCc3ccccc3)CC2)cnn1C. The van der Waals surface area contributed by atoms with Crippen molar-refractivity contribution in [2.24, 2.45) is 7.05 Å². The molecule has 0 bridgehead atoms. The Morgan fingerprint density at radius 3 is 2.50 bits per heavy atom. The number of benzene rings is 1. The third-order valence-corrected chi connectivity index (χ3v) is 5.08. The van der Waals surface area contributed by atoms with Crippen LogP contribution < -0.4 is 5.32 Å². The molecule has 24 heavy (non-hydrogen) atoms. The minimum atomic E-state index is 0.786. The highest BCUT2D eigenvalue weighted by atomic mass is 32.1. The Morgan fingerprint density at radius 2 is 1.88 bits per heavy atom. The fourth-order valence-electron chi connectivity index (χ4n) is 2.93. The van der Waals surface area contributed by atoms with Gasteiger partial charge < -0.3 is 10.2 Å². The molecule has 6 heteroatoms. The predicted octanol–water partition coefficient (Wildman–Crippen LogP) is 1.92. The standard InChI is InChI=1S/C18H25N5S/c1-15-17(13-20-21(15)2)14-22-8-10-23(11-9-22)18(24)19-12-16-6-4-3-5-7-16/h3-7,13H,8-12,14H2,1-2H3,(H,19,24). The molecule has 0 atom stereocenters. The topological polar surface area (TPSA) is 36.3 Å². The minimum absolute atomic E-state index is 0.786. The van der Waals surface area contributed by atoms with Crippen LogP contribution in [-0.2, 0) is 20.1 Å². The van der Waals surface area contributed by atoms with Gasteiger partial charge in [-0.1, -0.05) is 30.3 Å². The van der Waals surface area contributed by atoms with Crippen molar-refractivity contribution in [2.45, 2.75) is 20.0 Å². The van der Waals surface area contributed by atoms with Crippen LogP contribution in [0.2, 0.25) is 0 Å². The lowest BCUT2D eigenvalue weighted by Crippen LogP contribution is -2.51. The second kappa shape index (κ2) is 7.77. The molecule has 5 nitrogen and oxygen atoms in total. The van der Waals surface area contributed by atoms with Crippen LogP contribution in [0.15, 0.2) is 36.5 Å². The number of piperazine rings is 1. The molecule has 2 heterocycles. The first-order chi connectivity index (χ1) is 11.6. The molecule has 0 radical (unpaired) electrons. The van der Waals surface area contributed by atoms with E-state index >= 15 is 0 Å². The van der Waals surface area contributed by atoms with Crippen molar-refractivity contribution in [2.75, 3.05) is 26.2 Å². The fourth-order valence-corrected chi connectivity index (χ4v) is 3.19. The molecular weight excluding hydrogens is 318 g/mol. The summed E-state index contributed by atoms with van der Waals surface area (Å²) in [4.78, 5) is 4.74. The number of aromatic nitrogens is 2. The molecular formula is C18H25N5S. The van der Waals surface area contributed by atoms with Gasteiger partial charge in [-0.05, 0) is 24.7 Å². The Morgan fingerprint density at radius 1 is 1.17 bits per heavy atom. The van der Waals surface area contributed by atoms with E-state index in [4.69, 9.17) is 12.2 Å². The Kier molecular flexibility index (Phi) is 5.48. The average Bonchev–Trinajstić information content (AvgIpc) is 2.93. The molecule has 2 aromatic rings. The Bertz CT molecular complexity index is 674. The third kappa shape index (κ3) is 4.13. The Balaban J connectivity index is 1.44. The third-order valence-electron chi connectivity index (χ3n) is 4.68. The molecule has 3 rings (SSSR count). The first-order valence-corrected chi connectivity index (χ1v) is 8.81. The van der Waals surface area contributed by atoms with Crippen LogP contribution >= 0.6 is 12.2 Å². The second-order valence-corrected chi connectivity index (χ2v) is 6.67. The van der Waals surface area contributed by atoms with Crippen molar-refractivity contribution in [1.29, 1.82) is 0 Å². The van der Waals surface area contributed by atoms with E-state index in [2.05, 4.69) is 51.4 Å². The van der Waals surface area contributed by atoms with Crippen molar-refractivity contribution >= 4 is 17.3 Å².